The van der Waals surface area contributed by atoms with Crippen molar-refractivity contribution >= 4 is 11.9 Å². The van der Waals surface area contributed by atoms with E-state index in [9.17, 15) is 14.7 Å². The number of amides is 1. The largest absolute Gasteiger partial charge is 0.480 e. The van der Waals surface area contributed by atoms with Gasteiger partial charge in [-0.3, -0.25) is 4.79 Å². The first kappa shape index (κ1) is 13.1. The number of piperazine rings is 1. The quantitative estimate of drug-likeness (QED) is 0.850. The van der Waals surface area contributed by atoms with Gasteiger partial charge in [0.15, 0.2) is 0 Å². The minimum atomic E-state index is -0.928. The van der Waals surface area contributed by atoms with Crippen molar-refractivity contribution in [1.82, 2.24) is 10.2 Å². The van der Waals surface area contributed by atoms with Gasteiger partial charge in [0.25, 0.3) is 0 Å². The third kappa shape index (κ3) is 2.41. The standard InChI is InChI=1S/C15H18N2O3/c18-14(17-7-6-16-9-13(17)15(19)20)12-8-11(12)10-4-2-1-3-5-10/h1-5,11-13,16H,6-9H2,(H,19,20). The molecule has 1 aromatic carbocycles. The SMILES string of the molecule is O=C(O)C1CNCCN1C(=O)C1CC1c1ccccc1. The Morgan fingerprint density at radius 2 is 2.00 bits per heavy atom. The van der Waals surface area contributed by atoms with Crippen LogP contribution in [0.2, 0.25) is 0 Å². The van der Waals surface area contributed by atoms with E-state index >= 15 is 0 Å². The Bertz CT molecular complexity index is 517. The highest BCUT2D eigenvalue weighted by Gasteiger charge is 2.48. The van der Waals surface area contributed by atoms with Crippen LogP contribution in [0.1, 0.15) is 17.9 Å². The molecule has 1 saturated heterocycles. The number of hydrogen-bond acceptors (Lipinski definition) is 3. The molecule has 20 heavy (non-hydrogen) atoms. The molecule has 0 spiro atoms. The summed E-state index contributed by atoms with van der Waals surface area (Å²) in [5.74, 6) is -0.722. The maximum atomic E-state index is 12.5. The molecule has 3 atom stereocenters. The van der Waals surface area contributed by atoms with Crippen molar-refractivity contribution in [3.8, 4) is 0 Å². The van der Waals surface area contributed by atoms with Crippen molar-refractivity contribution in [3.05, 3.63) is 35.9 Å². The van der Waals surface area contributed by atoms with Crippen LogP contribution >= 0.6 is 0 Å². The number of carbonyl (C=O) groups is 2. The number of rotatable bonds is 3. The van der Waals surface area contributed by atoms with E-state index in [1.807, 2.05) is 30.3 Å². The number of carboxylic acids is 1. The van der Waals surface area contributed by atoms with Gasteiger partial charge in [0.2, 0.25) is 5.91 Å². The number of benzene rings is 1. The van der Waals surface area contributed by atoms with Gasteiger partial charge in [-0.05, 0) is 17.9 Å². The van der Waals surface area contributed by atoms with Crippen LogP contribution in [-0.4, -0.2) is 47.6 Å². The number of nitrogens with zero attached hydrogens (tertiary/aromatic N) is 1. The van der Waals surface area contributed by atoms with E-state index in [-0.39, 0.29) is 17.7 Å². The zero-order chi connectivity index (χ0) is 14.1. The van der Waals surface area contributed by atoms with E-state index in [0.717, 1.165) is 6.42 Å². The van der Waals surface area contributed by atoms with Crippen molar-refractivity contribution in [2.24, 2.45) is 5.92 Å². The average Bonchev–Trinajstić information content (AvgIpc) is 3.28. The molecule has 2 fully saturated rings. The molecule has 2 aliphatic rings. The molecule has 106 valence electrons. The zero-order valence-electron chi connectivity index (χ0n) is 11.2. The molecule has 1 aliphatic heterocycles. The van der Waals surface area contributed by atoms with E-state index in [1.54, 1.807) is 0 Å². The normalized spacial score (nSPS) is 29.0. The van der Waals surface area contributed by atoms with E-state index in [4.69, 9.17) is 0 Å². The fraction of sp³-hybridized carbons (Fsp3) is 0.467. The fourth-order valence-corrected chi connectivity index (χ4v) is 2.94. The van der Waals surface area contributed by atoms with Crippen molar-refractivity contribution in [2.45, 2.75) is 18.4 Å². The summed E-state index contributed by atoms with van der Waals surface area (Å²) in [6.45, 7) is 1.48. The Hall–Kier alpha value is -1.88. The van der Waals surface area contributed by atoms with Gasteiger partial charge < -0.3 is 15.3 Å². The van der Waals surface area contributed by atoms with Gasteiger partial charge in [-0.2, -0.15) is 0 Å². The topological polar surface area (TPSA) is 69.6 Å². The van der Waals surface area contributed by atoms with Gasteiger partial charge in [0.1, 0.15) is 6.04 Å². The predicted molar refractivity (Wildman–Crippen MR) is 73.3 cm³/mol. The molecule has 5 nitrogen and oxygen atoms in total. The average molecular weight is 274 g/mol. The zero-order valence-corrected chi connectivity index (χ0v) is 11.2. The third-order valence-corrected chi connectivity index (χ3v) is 4.15. The number of aliphatic carboxylic acids is 1. The summed E-state index contributed by atoms with van der Waals surface area (Å²) in [6.07, 6.45) is 0.832. The summed E-state index contributed by atoms with van der Waals surface area (Å²) in [5, 5.41) is 12.2. The van der Waals surface area contributed by atoms with Crippen LogP contribution in [0.4, 0.5) is 0 Å². The summed E-state index contributed by atoms with van der Waals surface area (Å²) in [4.78, 5) is 25.3. The minimum Gasteiger partial charge on any atom is -0.480 e. The van der Waals surface area contributed by atoms with Crippen LogP contribution in [-0.2, 0) is 9.59 Å². The molecule has 1 aliphatic carbocycles. The number of nitrogens with one attached hydrogen (secondary N) is 1. The smallest absolute Gasteiger partial charge is 0.327 e. The van der Waals surface area contributed by atoms with Crippen molar-refractivity contribution in [3.63, 3.8) is 0 Å². The van der Waals surface area contributed by atoms with Gasteiger partial charge in [-0.15, -0.1) is 0 Å². The maximum absolute atomic E-state index is 12.5. The Morgan fingerprint density at radius 1 is 1.25 bits per heavy atom. The number of carbonyl (C=O) groups excluding carboxylic acids is 1. The number of hydrogen-bond donors (Lipinski definition) is 2. The summed E-state index contributed by atoms with van der Waals surface area (Å²) in [6, 6.07) is 9.24. The van der Waals surface area contributed by atoms with E-state index in [0.29, 0.717) is 19.6 Å². The van der Waals surface area contributed by atoms with Crippen LogP contribution in [0.3, 0.4) is 0 Å². The monoisotopic (exact) mass is 274 g/mol. The van der Waals surface area contributed by atoms with Gasteiger partial charge in [0.05, 0.1) is 0 Å². The first-order valence-corrected chi connectivity index (χ1v) is 6.97. The highest BCUT2D eigenvalue weighted by atomic mass is 16.4. The van der Waals surface area contributed by atoms with Gasteiger partial charge in [-0.25, -0.2) is 4.79 Å². The Balaban J connectivity index is 1.69. The molecule has 3 unspecified atom stereocenters. The number of carboxylic acid groups (broad SMARTS) is 1. The van der Waals surface area contributed by atoms with Gasteiger partial charge in [-0.1, -0.05) is 30.3 Å². The summed E-state index contributed by atoms with van der Waals surface area (Å²) >= 11 is 0. The van der Waals surface area contributed by atoms with Crippen LogP contribution in [0.15, 0.2) is 30.3 Å². The highest BCUT2D eigenvalue weighted by Crippen LogP contribution is 2.48. The van der Waals surface area contributed by atoms with Crippen LogP contribution in [0.5, 0.6) is 0 Å². The summed E-state index contributed by atoms with van der Waals surface area (Å²) in [7, 11) is 0. The Kier molecular flexibility index (Phi) is 3.44. The molecule has 5 heteroatoms. The van der Waals surface area contributed by atoms with Gasteiger partial charge in [0, 0.05) is 25.6 Å². The molecule has 1 saturated carbocycles. The lowest BCUT2D eigenvalue weighted by atomic mass is 10.1. The Labute approximate surface area is 117 Å². The van der Waals surface area contributed by atoms with Crippen molar-refractivity contribution in [2.75, 3.05) is 19.6 Å². The second-order valence-corrected chi connectivity index (χ2v) is 5.45. The second-order valence-electron chi connectivity index (χ2n) is 5.45. The van der Waals surface area contributed by atoms with E-state index < -0.39 is 12.0 Å². The van der Waals surface area contributed by atoms with E-state index in [1.165, 1.54) is 10.5 Å². The molecule has 3 rings (SSSR count). The molecule has 0 radical (unpaired) electrons. The van der Waals surface area contributed by atoms with Gasteiger partial charge >= 0.3 is 5.97 Å². The molecular weight excluding hydrogens is 256 g/mol. The lowest BCUT2D eigenvalue weighted by molar-refractivity contribution is -0.151. The molecule has 1 amide bonds. The first-order chi connectivity index (χ1) is 9.68. The maximum Gasteiger partial charge on any atom is 0.327 e. The van der Waals surface area contributed by atoms with Crippen LogP contribution < -0.4 is 5.32 Å². The predicted octanol–water partition coefficient (Wildman–Crippen LogP) is 0.675. The molecule has 0 aromatic heterocycles. The molecule has 2 N–H and O–H groups in total. The third-order valence-electron chi connectivity index (χ3n) is 4.15. The molecular formula is C15H18N2O3. The van der Waals surface area contributed by atoms with Crippen molar-refractivity contribution < 1.29 is 14.7 Å². The molecule has 1 heterocycles. The van der Waals surface area contributed by atoms with E-state index in [2.05, 4.69) is 5.32 Å². The fourth-order valence-electron chi connectivity index (χ4n) is 2.94. The lowest BCUT2D eigenvalue weighted by Gasteiger charge is -2.33. The second kappa shape index (κ2) is 5.25. The van der Waals surface area contributed by atoms with Crippen molar-refractivity contribution in [1.29, 1.82) is 0 Å². The Morgan fingerprint density at radius 3 is 2.70 bits per heavy atom. The molecule has 1 aromatic rings. The lowest BCUT2D eigenvalue weighted by Crippen LogP contribution is -2.57. The highest BCUT2D eigenvalue weighted by molar-refractivity contribution is 5.88. The minimum absolute atomic E-state index is 0.00671. The van der Waals surface area contributed by atoms with Crippen LogP contribution in [0.25, 0.3) is 0 Å². The van der Waals surface area contributed by atoms with Crippen LogP contribution in [0, 0.1) is 5.92 Å². The first-order valence-electron chi connectivity index (χ1n) is 6.97. The molecule has 0 bridgehead atoms. The summed E-state index contributed by atoms with van der Waals surface area (Å²) in [5.41, 5.74) is 1.17. The summed E-state index contributed by atoms with van der Waals surface area (Å²) < 4.78 is 0.